The highest BCUT2D eigenvalue weighted by Crippen LogP contribution is 2.27. The number of ether oxygens (including phenoxy) is 5. The van der Waals surface area contributed by atoms with Gasteiger partial charge in [0, 0.05) is 27.1 Å². The minimum Gasteiger partial charge on any atom is -0.465 e. The summed E-state index contributed by atoms with van der Waals surface area (Å²) in [6.07, 6.45) is -4.04. The zero-order valence-corrected chi connectivity index (χ0v) is 18.7. The quantitative estimate of drug-likeness (QED) is 0.623. The maximum absolute atomic E-state index is 11.4. The summed E-state index contributed by atoms with van der Waals surface area (Å²) in [6, 6.07) is 17.6. The van der Waals surface area contributed by atoms with E-state index in [9.17, 15) is 15.0 Å². The van der Waals surface area contributed by atoms with Crippen LogP contribution in [0.2, 0.25) is 0 Å². The first-order chi connectivity index (χ1) is 15.5. The Balaban J connectivity index is 0.00000114. The van der Waals surface area contributed by atoms with E-state index < -0.39 is 30.8 Å². The summed E-state index contributed by atoms with van der Waals surface area (Å²) in [7, 11) is 3.25. The molecule has 8 heteroatoms. The number of methoxy groups -OCH3 is 1. The van der Waals surface area contributed by atoms with Crippen molar-refractivity contribution in [2.24, 2.45) is 0 Å². The fourth-order valence-electron chi connectivity index (χ4n) is 3.16. The van der Waals surface area contributed by atoms with Gasteiger partial charge >= 0.3 is 6.16 Å². The first-order valence-corrected chi connectivity index (χ1v) is 10.5. The third-order valence-corrected chi connectivity index (χ3v) is 4.63. The zero-order chi connectivity index (χ0) is 23.3. The second-order valence-electron chi connectivity index (χ2n) is 7.19. The predicted molar refractivity (Wildman–Crippen MR) is 118 cm³/mol. The van der Waals surface area contributed by atoms with Gasteiger partial charge in [0.05, 0.1) is 12.7 Å². The number of para-hydroxylation sites is 1. The van der Waals surface area contributed by atoms with Gasteiger partial charge in [-0.2, -0.15) is 0 Å². The van der Waals surface area contributed by atoms with Gasteiger partial charge in [0.25, 0.3) is 0 Å². The normalized spacial score (nSPS) is 22.3. The zero-order valence-electron chi connectivity index (χ0n) is 18.7. The average Bonchev–Trinajstić information content (AvgIpc) is 2.78. The van der Waals surface area contributed by atoms with Crippen molar-refractivity contribution in [2.45, 2.75) is 44.4 Å². The lowest BCUT2D eigenvalue weighted by Gasteiger charge is -2.36. The molecule has 0 aromatic heterocycles. The number of aliphatic hydroxyl groups excluding tert-OH is 2. The van der Waals surface area contributed by atoms with Gasteiger partial charge in [-0.05, 0) is 24.1 Å². The Bertz CT molecular complexity index is 798. The van der Waals surface area contributed by atoms with Crippen molar-refractivity contribution in [3.05, 3.63) is 65.7 Å². The Morgan fingerprint density at radius 1 is 1.03 bits per heavy atom. The largest absolute Gasteiger partial charge is 0.508 e. The van der Waals surface area contributed by atoms with Crippen LogP contribution in [0.1, 0.15) is 24.5 Å². The molecule has 0 radical (unpaired) electrons. The first kappa shape index (κ1) is 25.6. The lowest BCUT2D eigenvalue weighted by atomic mass is 10.0. The van der Waals surface area contributed by atoms with E-state index in [-0.39, 0.29) is 19.6 Å². The number of carbonyl (C=O) groups excluding carboxylic acids is 1. The number of benzene rings is 2. The summed E-state index contributed by atoms with van der Waals surface area (Å²) in [5, 5.41) is 20.3. The molecular weight excluding hydrogens is 416 g/mol. The molecule has 0 amide bonds. The fraction of sp³-hybridized carbons (Fsp3) is 0.458. The number of hydrogen-bond acceptors (Lipinski definition) is 8. The van der Waals surface area contributed by atoms with Gasteiger partial charge < -0.3 is 33.9 Å². The molecule has 2 aromatic rings. The smallest absolute Gasteiger partial charge is 0.465 e. The lowest BCUT2D eigenvalue weighted by molar-refractivity contribution is -0.231. The van der Waals surface area contributed by atoms with Crippen LogP contribution in [0.5, 0.6) is 5.75 Å². The van der Waals surface area contributed by atoms with Crippen molar-refractivity contribution in [3.63, 3.8) is 0 Å². The van der Waals surface area contributed by atoms with E-state index >= 15 is 0 Å². The van der Waals surface area contributed by atoms with Crippen LogP contribution in [-0.2, 0) is 25.4 Å². The molecule has 2 aromatic carbocycles. The van der Waals surface area contributed by atoms with Crippen molar-refractivity contribution < 1.29 is 38.7 Å². The molecule has 176 valence electrons. The van der Waals surface area contributed by atoms with Crippen LogP contribution >= 0.6 is 0 Å². The summed E-state index contributed by atoms with van der Waals surface area (Å²) >= 11 is 0. The third kappa shape index (κ3) is 8.12. The molecule has 0 saturated carbocycles. The van der Waals surface area contributed by atoms with E-state index in [4.69, 9.17) is 18.9 Å². The predicted octanol–water partition coefficient (Wildman–Crippen LogP) is 2.93. The van der Waals surface area contributed by atoms with Gasteiger partial charge in [0.2, 0.25) is 6.29 Å². The lowest BCUT2D eigenvalue weighted by Crippen LogP contribution is -2.51. The van der Waals surface area contributed by atoms with E-state index in [2.05, 4.69) is 4.74 Å². The first-order valence-electron chi connectivity index (χ1n) is 10.5. The van der Waals surface area contributed by atoms with Crippen LogP contribution in [0.4, 0.5) is 4.79 Å². The highest BCUT2D eigenvalue weighted by molar-refractivity contribution is 5.59. The molecule has 8 nitrogen and oxygen atoms in total. The van der Waals surface area contributed by atoms with E-state index in [0.29, 0.717) is 12.2 Å². The second-order valence-corrected chi connectivity index (χ2v) is 7.19. The number of carbonyl (C=O) groups is 1. The van der Waals surface area contributed by atoms with Gasteiger partial charge in [0.15, 0.2) is 0 Å². The van der Waals surface area contributed by atoms with E-state index in [0.717, 1.165) is 11.1 Å². The molecule has 1 aliphatic rings. The molecule has 1 heterocycles. The maximum atomic E-state index is 11.4. The average molecular weight is 449 g/mol. The van der Waals surface area contributed by atoms with Crippen molar-refractivity contribution in [2.75, 3.05) is 27.4 Å². The molecule has 4 atom stereocenters. The van der Waals surface area contributed by atoms with Crippen LogP contribution in [0, 0.1) is 0 Å². The summed E-state index contributed by atoms with van der Waals surface area (Å²) in [5.41, 5.74) is 2.12. The van der Waals surface area contributed by atoms with Gasteiger partial charge in [-0.25, -0.2) is 4.79 Å². The van der Waals surface area contributed by atoms with Gasteiger partial charge in [-0.15, -0.1) is 0 Å². The highest BCUT2D eigenvalue weighted by Gasteiger charge is 2.38. The van der Waals surface area contributed by atoms with Crippen molar-refractivity contribution in [1.29, 1.82) is 0 Å². The summed E-state index contributed by atoms with van der Waals surface area (Å²) < 4.78 is 25.6. The SMILES string of the molecule is CCOC(=O)OCC1OC(Oc2ccccc2Cc2ccccc2)CC(O)[C@@H]1O.COC. The standard InChI is InChI=1S/C22H26O7.C2H6O/c1-2-26-22(25)27-14-19-21(24)17(23)13-20(29-19)28-18-11-7-6-10-16(18)12-15-8-4-3-5-9-15;1-3-2/h3-11,17,19-21,23-24H,2,12-14H2,1H3;1-2H3/t17?,19?,20?,21-;/m0./s1. The van der Waals surface area contributed by atoms with Crippen molar-refractivity contribution in [3.8, 4) is 5.75 Å². The molecule has 1 saturated heterocycles. The van der Waals surface area contributed by atoms with Crippen LogP contribution in [0.25, 0.3) is 0 Å². The Labute approximate surface area is 188 Å². The molecule has 1 fully saturated rings. The summed E-state index contributed by atoms with van der Waals surface area (Å²) in [6.45, 7) is 1.59. The minimum atomic E-state index is -1.19. The summed E-state index contributed by atoms with van der Waals surface area (Å²) in [5.74, 6) is 0.634. The molecule has 0 bridgehead atoms. The fourth-order valence-corrected chi connectivity index (χ4v) is 3.16. The molecule has 32 heavy (non-hydrogen) atoms. The van der Waals surface area contributed by atoms with Gasteiger partial charge in [-0.3, -0.25) is 0 Å². The monoisotopic (exact) mass is 448 g/mol. The van der Waals surface area contributed by atoms with E-state index in [1.54, 1.807) is 21.1 Å². The molecule has 0 aliphatic carbocycles. The Kier molecular flexibility index (Phi) is 11.0. The van der Waals surface area contributed by atoms with Crippen LogP contribution in [0.3, 0.4) is 0 Å². The Morgan fingerprint density at radius 3 is 2.38 bits per heavy atom. The van der Waals surface area contributed by atoms with Crippen LogP contribution in [0.15, 0.2) is 54.6 Å². The molecular formula is C24H32O8. The number of hydrogen-bond donors (Lipinski definition) is 2. The molecule has 3 unspecified atom stereocenters. The minimum absolute atomic E-state index is 0.0940. The Hall–Kier alpha value is -2.65. The topological polar surface area (TPSA) is 104 Å². The van der Waals surface area contributed by atoms with Crippen LogP contribution < -0.4 is 4.74 Å². The van der Waals surface area contributed by atoms with Crippen LogP contribution in [-0.4, -0.2) is 68.4 Å². The van der Waals surface area contributed by atoms with Crippen molar-refractivity contribution >= 4 is 6.16 Å². The molecule has 2 N–H and O–H groups in total. The number of aliphatic hydroxyl groups is 2. The van der Waals surface area contributed by atoms with E-state index in [1.807, 2.05) is 54.6 Å². The van der Waals surface area contributed by atoms with Gasteiger partial charge in [0.1, 0.15) is 24.6 Å². The number of rotatable bonds is 7. The molecule has 3 rings (SSSR count). The van der Waals surface area contributed by atoms with E-state index in [1.165, 1.54) is 0 Å². The maximum Gasteiger partial charge on any atom is 0.508 e. The third-order valence-electron chi connectivity index (χ3n) is 4.63. The summed E-state index contributed by atoms with van der Waals surface area (Å²) in [4.78, 5) is 11.4. The molecule has 0 spiro atoms. The second kappa shape index (κ2) is 13.7. The highest BCUT2D eigenvalue weighted by atomic mass is 16.7. The van der Waals surface area contributed by atoms with Gasteiger partial charge in [-0.1, -0.05) is 48.5 Å². The Morgan fingerprint density at radius 2 is 1.69 bits per heavy atom. The molecule has 1 aliphatic heterocycles. The van der Waals surface area contributed by atoms with Crippen molar-refractivity contribution in [1.82, 2.24) is 0 Å².